The lowest BCUT2D eigenvalue weighted by Gasteiger charge is -2.22. The van der Waals surface area contributed by atoms with Crippen LogP contribution in [0.25, 0.3) is 11.6 Å². The number of carbonyl (C=O) groups is 2. The molecule has 0 aliphatic rings. The number of hydrogen-bond donors (Lipinski definition) is 4. The average Bonchev–Trinajstić information content (AvgIpc) is 2.92. The minimum Gasteiger partial charge on any atom is -0.495 e. The van der Waals surface area contributed by atoms with Gasteiger partial charge in [-0.05, 0) is 81.6 Å². The van der Waals surface area contributed by atoms with Gasteiger partial charge in [-0.1, -0.05) is 6.07 Å². The fourth-order valence-corrected chi connectivity index (χ4v) is 3.48. The zero-order valence-corrected chi connectivity index (χ0v) is 24.7. The Morgan fingerprint density at radius 1 is 1.00 bits per heavy atom. The highest BCUT2D eigenvalue weighted by molar-refractivity contribution is 5.91. The van der Waals surface area contributed by atoms with Crippen molar-refractivity contribution in [2.24, 2.45) is 11.5 Å². The van der Waals surface area contributed by atoms with Crippen LogP contribution in [0.3, 0.4) is 0 Å². The fourth-order valence-electron chi connectivity index (χ4n) is 3.48. The molecule has 0 bridgehead atoms. The third kappa shape index (κ3) is 11.2. The van der Waals surface area contributed by atoms with Gasteiger partial charge in [-0.3, -0.25) is 4.79 Å². The Hall–Kier alpha value is -4.63. The lowest BCUT2D eigenvalue weighted by molar-refractivity contribution is -0.120. The number of nitrogens with two attached hydrogens (primary N) is 3. The van der Waals surface area contributed by atoms with Gasteiger partial charge in [-0.25, -0.2) is 4.79 Å². The Bertz CT molecular complexity index is 1220. The maximum atomic E-state index is 11.4. The molecule has 0 heterocycles. The van der Waals surface area contributed by atoms with Crippen molar-refractivity contribution in [1.29, 1.82) is 5.26 Å². The SMILES string of the molecule is CC(C)(C)OC(=O)N[C@@H](CCCN)C(N)=O.COc1ccc(/C=C(/C#N)c2cc(OC)c(OC)c(OC)c2)cc1N. The first-order chi connectivity index (χ1) is 19.3. The molecule has 0 aliphatic heterocycles. The van der Waals surface area contributed by atoms with Crippen LogP contribution < -0.4 is 41.5 Å². The van der Waals surface area contributed by atoms with Crippen molar-refractivity contribution in [2.75, 3.05) is 40.7 Å². The van der Waals surface area contributed by atoms with Gasteiger partial charge < -0.3 is 46.2 Å². The summed E-state index contributed by atoms with van der Waals surface area (Å²) >= 11 is 0. The maximum Gasteiger partial charge on any atom is 0.408 e. The Kier molecular flexibility index (Phi) is 13.8. The molecule has 2 aromatic rings. The number of methoxy groups -OCH3 is 4. The molecule has 7 N–H and O–H groups in total. The minimum absolute atomic E-state index is 0.422. The largest absolute Gasteiger partial charge is 0.495 e. The van der Waals surface area contributed by atoms with Gasteiger partial charge in [0.1, 0.15) is 17.4 Å². The van der Waals surface area contributed by atoms with Gasteiger partial charge in [0.2, 0.25) is 11.7 Å². The second-order valence-corrected chi connectivity index (χ2v) is 9.62. The van der Waals surface area contributed by atoms with E-state index in [9.17, 15) is 14.9 Å². The second kappa shape index (κ2) is 16.5. The standard InChI is InChI=1S/C19H20N2O4.C10H21N3O3/c1-22-16-6-5-12(8-15(16)21)7-14(11-20)13-9-17(23-2)19(25-4)18(10-13)24-3;1-10(2,3)16-9(15)13-7(8(12)14)5-4-6-11/h5-10H,21H2,1-4H3;7H,4-6,11H2,1-3H3,(H2,12,14)(H,13,15)/b14-7-;/t;7-/m.0/s1. The summed E-state index contributed by atoms with van der Waals surface area (Å²) in [5.74, 6) is 1.43. The number of allylic oxidation sites excluding steroid dienone is 1. The van der Waals surface area contributed by atoms with Gasteiger partial charge >= 0.3 is 6.09 Å². The number of nitrogen functional groups attached to an aromatic ring is 1. The molecule has 41 heavy (non-hydrogen) atoms. The Labute approximate surface area is 241 Å². The Balaban J connectivity index is 0.000000456. The third-order valence-electron chi connectivity index (χ3n) is 5.39. The summed E-state index contributed by atoms with van der Waals surface area (Å²) in [6.45, 7) is 5.67. The van der Waals surface area contributed by atoms with Gasteiger partial charge in [0, 0.05) is 0 Å². The third-order valence-corrected chi connectivity index (χ3v) is 5.39. The van der Waals surface area contributed by atoms with Gasteiger partial charge in [0.25, 0.3) is 0 Å². The van der Waals surface area contributed by atoms with Crippen LogP contribution in [0.15, 0.2) is 30.3 Å². The zero-order valence-electron chi connectivity index (χ0n) is 24.7. The van der Waals surface area contributed by atoms with E-state index in [1.807, 2.05) is 6.07 Å². The highest BCUT2D eigenvalue weighted by Crippen LogP contribution is 2.40. The maximum absolute atomic E-state index is 11.4. The number of nitriles is 1. The van der Waals surface area contributed by atoms with E-state index >= 15 is 0 Å². The first kappa shape index (κ1) is 34.4. The normalized spacial score (nSPS) is 11.6. The predicted molar refractivity (Wildman–Crippen MR) is 158 cm³/mol. The highest BCUT2D eigenvalue weighted by Gasteiger charge is 2.22. The number of nitrogens with one attached hydrogen (secondary N) is 1. The highest BCUT2D eigenvalue weighted by atomic mass is 16.6. The number of nitrogens with zero attached hydrogens (tertiary/aromatic N) is 1. The van der Waals surface area contributed by atoms with Crippen LogP contribution in [0.5, 0.6) is 23.0 Å². The first-order valence-corrected chi connectivity index (χ1v) is 12.7. The van der Waals surface area contributed by atoms with E-state index in [0.29, 0.717) is 59.2 Å². The molecule has 0 spiro atoms. The lowest BCUT2D eigenvalue weighted by atomic mass is 10.0. The number of hydrogen-bond acceptors (Lipinski definition) is 10. The van der Waals surface area contributed by atoms with Crippen LogP contribution in [0, 0.1) is 11.3 Å². The van der Waals surface area contributed by atoms with E-state index < -0.39 is 23.6 Å². The number of alkyl carbamates (subject to hydrolysis) is 1. The summed E-state index contributed by atoms with van der Waals surface area (Å²) in [5, 5.41) is 12.0. The molecule has 224 valence electrons. The summed E-state index contributed by atoms with van der Waals surface area (Å²) in [7, 11) is 6.14. The molecule has 12 nitrogen and oxygen atoms in total. The van der Waals surface area contributed by atoms with Crippen LogP contribution >= 0.6 is 0 Å². The molecular weight excluding hydrogens is 530 g/mol. The molecule has 0 radical (unpaired) electrons. The van der Waals surface area contributed by atoms with Crippen LogP contribution in [-0.2, 0) is 9.53 Å². The van der Waals surface area contributed by atoms with Crippen molar-refractivity contribution in [3.8, 4) is 29.1 Å². The summed E-state index contributed by atoms with van der Waals surface area (Å²) in [5.41, 5.74) is 18.1. The predicted octanol–water partition coefficient (Wildman–Crippen LogP) is 3.47. The molecule has 12 heteroatoms. The van der Waals surface area contributed by atoms with E-state index in [2.05, 4.69) is 11.4 Å². The monoisotopic (exact) mass is 571 g/mol. The van der Waals surface area contributed by atoms with Crippen LogP contribution in [0.1, 0.15) is 44.7 Å². The van der Waals surface area contributed by atoms with Gasteiger partial charge in [0.05, 0.1) is 45.8 Å². The molecule has 2 amide bonds. The topological polar surface area (TPSA) is 194 Å². The van der Waals surface area contributed by atoms with Crippen molar-refractivity contribution in [2.45, 2.75) is 45.3 Å². The van der Waals surface area contributed by atoms with E-state index in [0.717, 1.165) is 5.56 Å². The molecule has 0 saturated heterocycles. The van der Waals surface area contributed by atoms with Crippen molar-refractivity contribution in [3.63, 3.8) is 0 Å². The van der Waals surface area contributed by atoms with Gasteiger partial charge in [-0.2, -0.15) is 5.26 Å². The molecule has 0 fully saturated rings. The number of rotatable bonds is 11. The fraction of sp³-hybridized carbons (Fsp3) is 0.414. The second-order valence-electron chi connectivity index (χ2n) is 9.62. The number of amides is 2. The van der Waals surface area contributed by atoms with Crippen molar-refractivity contribution < 1.29 is 33.3 Å². The molecular formula is C29H41N5O7. The van der Waals surface area contributed by atoms with Crippen LogP contribution in [-0.4, -0.2) is 58.6 Å². The van der Waals surface area contributed by atoms with Crippen molar-refractivity contribution >= 4 is 29.3 Å². The van der Waals surface area contributed by atoms with Gasteiger partial charge in [0.15, 0.2) is 11.5 Å². The molecule has 0 aliphatic carbocycles. The van der Waals surface area contributed by atoms with Crippen LogP contribution in [0.4, 0.5) is 10.5 Å². The number of ether oxygens (including phenoxy) is 5. The number of benzene rings is 2. The smallest absolute Gasteiger partial charge is 0.408 e. The van der Waals surface area contributed by atoms with Crippen LogP contribution in [0.2, 0.25) is 0 Å². The first-order valence-electron chi connectivity index (χ1n) is 12.7. The number of anilines is 1. The summed E-state index contributed by atoms with van der Waals surface area (Å²) in [6.07, 6.45) is 2.12. The van der Waals surface area contributed by atoms with E-state index in [1.165, 1.54) is 21.3 Å². The molecule has 0 aromatic heterocycles. The Morgan fingerprint density at radius 2 is 1.59 bits per heavy atom. The molecule has 2 aromatic carbocycles. The van der Waals surface area contributed by atoms with E-state index in [-0.39, 0.29) is 0 Å². The molecule has 0 unspecified atom stereocenters. The molecule has 1 atom stereocenters. The average molecular weight is 572 g/mol. The summed E-state index contributed by atoms with van der Waals surface area (Å²) < 4.78 is 26.1. The van der Waals surface area contributed by atoms with Gasteiger partial charge in [-0.15, -0.1) is 0 Å². The zero-order chi connectivity index (χ0) is 31.2. The van der Waals surface area contributed by atoms with Crippen molar-refractivity contribution in [1.82, 2.24) is 5.32 Å². The van der Waals surface area contributed by atoms with E-state index in [4.69, 9.17) is 40.9 Å². The Morgan fingerprint density at radius 3 is 2.00 bits per heavy atom. The summed E-state index contributed by atoms with van der Waals surface area (Å²) in [6, 6.07) is 10.2. The molecule has 2 rings (SSSR count). The summed E-state index contributed by atoms with van der Waals surface area (Å²) in [4.78, 5) is 22.4. The lowest BCUT2D eigenvalue weighted by Crippen LogP contribution is -2.46. The quantitative estimate of drug-likeness (QED) is 0.176. The number of primary amides is 1. The minimum atomic E-state index is -0.724. The molecule has 0 saturated carbocycles. The van der Waals surface area contributed by atoms with Crippen molar-refractivity contribution in [3.05, 3.63) is 41.5 Å². The van der Waals surface area contributed by atoms with E-state index in [1.54, 1.807) is 58.2 Å². The number of carbonyl (C=O) groups excluding carboxylic acids is 2.